The number of rotatable bonds is 5. The zero-order chi connectivity index (χ0) is 14.7. The van der Waals surface area contributed by atoms with Crippen LogP contribution in [0.5, 0.6) is 0 Å². The van der Waals surface area contributed by atoms with E-state index in [2.05, 4.69) is 29.4 Å². The minimum absolute atomic E-state index is 0.118. The summed E-state index contributed by atoms with van der Waals surface area (Å²) >= 11 is 0. The maximum absolute atomic E-state index is 11.4. The van der Waals surface area contributed by atoms with Gasteiger partial charge in [0.1, 0.15) is 5.82 Å². The summed E-state index contributed by atoms with van der Waals surface area (Å²) in [4.78, 5) is 19.7. The van der Waals surface area contributed by atoms with E-state index < -0.39 is 0 Å². The smallest absolute Gasteiger partial charge is 0.220 e. The van der Waals surface area contributed by atoms with E-state index in [9.17, 15) is 4.79 Å². The van der Waals surface area contributed by atoms with Gasteiger partial charge >= 0.3 is 0 Å². The lowest BCUT2D eigenvalue weighted by Gasteiger charge is -2.01. The fourth-order valence-electron chi connectivity index (χ4n) is 2.79. The number of nitrogens with one attached hydrogen (secondary N) is 2. The molecule has 0 bridgehead atoms. The highest BCUT2D eigenvalue weighted by Gasteiger charge is 2.26. The number of imidazole rings is 1. The maximum Gasteiger partial charge on any atom is 0.220 e. The molecule has 1 atom stereocenters. The molecule has 1 fully saturated rings. The van der Waals surface area contributed by atoms with E-state index >= 15 is 0 Å². The highest BCUT2D eigenvalue weighted by molar-refractivity contribution is 5.79. The molecular formula is C17H21N3O. The second-order valence-electron chi connectivity index (χ2n) is 5.62. The number of aryl methyl sites for hydroxylation is 1. The lowest BCUT2D eigenvalue weighted by Crippen LogP contribution is -2.13. The fraction of sp³-hybridized carbons (Fsp3) is 0.412. The van der Waals surface area contributed by atoms with E-state index in [0.29, 0.717) is 13.0 Å². The molecule has 4 heteroatoms. The minimum atomic E-state index is 0.118. The number of H-pyrrole nitrogens is 1. The van der Waals surface area contributed by atoms with Crippen LogP contribution in [0.4, 0.5) is 0 Å². The van der Waals surface area contributed by atoms with Gasteiger partial charge in [-0.25, -0.2) is 4.98 Å². The molecule has 1 aromatic carbocycles. The van der Waals surface area contributed by atoms with Gasteiger partial charge in [-0.3, -0.25) is 4.79 Å². The number of amides is 1. The molecule has 1 saturated heterocycles. The van der Waals surface area contributed by atoms with Crippen LogP contribution in [0.25, 0.3) is 11.3 Å². The number of hydrogen-bond donors (Lipinski definition) is 2. The Bertz CT molecular complexity index is 618. The number of benzene rings is 1. The van der Waals surface area contributed by atoms with Gasteiger partial charge in [0.15, 0.2) is 0 Å². The average Bonchev–Trinajstić information content (AvgIpc) is 3.12. The van der Waals surface area contributed by atoms with Crippen LogP contribution in [-0.4, -0.2) is 22.4 Å². The Hall–Kier alpha value is -2.10. The second kappa shape index (κ2) is 6.12. The van der Waals surface area contributed by atoms with Gasteiger partial charge < -0.3 is 10.3 Å². The summed E-state index contributed by atoms with van der Waals surface area (Å²) in [5.74, 6) is 1.24. The number of aromatic amines is 1. The largest absolute Gasteiger partial charge is 0.355 e. The molecule has 4 nitrogen and oxygen atoms in total. The third kappa shape index (κ3) is 2.99. The second-order valence-corrected chi connectivity index (χ2v) is 5.62. The monoisotopic (exact) mass is 283 g/mol. The van der Waals surface area contributed by atoms with E-state index in [0.717, 1.165) is 36.3 Å². The first-order chi connectivity index (χ1) is 10.3. The third-order valence-corrected chi connectivity index (χ3v) is 3.99. The summed E-state index contributed by atoms with van der Waals surface area (Å²) in [6.45, 7) is 2.88. The molecule has 0 unspecified atom stereocenters. The van der Waals surface area contributed by atoms with Crippen LogP contribution in [0.2, 0.25) is 0 Å². The van der Waals surface area contributed by atoms with Crippen LogP contribution < -0.4 is 5.32 Å². The lowest BCUT2D eigenvalue weighted by atomic mass is 10.1. The molecule has 1 aliphatic rings. The van der Waals surface area contributed by atoms with Crippen molar-refractivity contribution in [1.82, 2.24) is 15.3 Å². The number of carbonyl (C=O) groups excluding carboxylic acids is 1. The van der Waals surface area contributed by atoms with Gasteiger partial charge in [0, 0.05) is 30.1 Å². The highest BCUT2D eigenvalue weighted by atomic mass is 16.1. The quantitative estimate of drug-likeness (QED) is 0.886. The van der Waals surface area contributed by atoms with E-state index in [1.807, 2.05) is 18.2 Å². The van der Waals surface area contributed by atoms with E-state index in [-0.39, 0.29) is 11.8 Å². The molecular weight excluding hydrogens is 262 g/mol. The summed E-state index contributed by atoms with van der Waals surface area (Å²) in [6.07, 6.45) is 3.84. The molecule has 1 aliphatic heterocycles. The van der Waals surface area contributed by atoms with Gasteiger partial charge in [0.25, 0.3) is 0 Å². The molecule has 0 spiro atoms. The van der Waals surface area contributed by atoms with Gasteiger partial charge in [-0.15, -0.1) is 0 Å². The Morgan fingerprint density at radius 3 is 2.76 bits per heavy atom. The zero-order valence-electron chi connectivity index (χ0n) is 12.4. The topological polar surface area (TPSA) is 57.8 Å². The molecule has 0 aliphatic carbocycles. The fourth-order valence-corrected chi connectivity index (χ4v) is 2.79. The molecule has 0 saturated carbocycles. The van der Waals surface area contributed by atoms with Gasteiger partial charge in [-0.2, -0.15) is 0 Å². The molecule has 2 aromatic rings. The van der Waals surface area contributed by atoms with Gasteiger partial charge in [0.05, 0.1) is 5.69 Å². The number of nitrogens with zero attached hydrogens (tertiary/aromatic N) is 1. The van der Waals surface area contributed by atoms with Gasteiger partial charge in [-0.1, -0.05) is 43.7 Å². The number of carbonyl (C=O) groups is 1. The van der Waals surface area contributed by atoms with Crippen molar-refractivity contribution in [3.05, 3.63) is 41.9 Å². The molecule has 1 aromatic heterocycles. The van der Waals surface area contributed by atoms with Crippen molar-refractivity contribution in [3.63, 3.8) is 0 Å². The first-order valence-electron chi connectivity index (χ1n) is 7.68. The summed E-state index contributed by atoms with van der Waals surface area (Å²) in [6, 6.07) is 10.3. The normalized spacial score (nSPS) is 18.0. The van der Waals surface area contributed by atoms with Crippen LogP contribution in [0.15, 0.2) is 30.3 Å². The van der Waals surface area contributed by atoms with Crippen molar-refractivity contribution < 1.29 is 4.79 Å². The summed E-state index contributed by atoms with van der Waals surface area (Å²) in [7, 11) is 0. The molecule has 2 N–H and O–H groups in total. The highest BCUT2D eigenvalue weighted by Crippen LogP contribution is 2.28. The Morgan fingerprint density at radius 2 is 2.10 bits per heavy atom. The van der Waals surface area contributed by atoms with Crippen LogP contribution in [-0.2, 0) is 11.2 Å². The number of unbranched alkanes of at least 4 members (excludes halogenated alkanes) is 1. The van der Waals surface area contributed by atoms with Crippen molar-refractivity contribution in [2.75, 3.05) is 6.54 Å². The first-order valence-corrected chi connectivity index (χ1v) is 7.68. The Kier molecular flexibility index (Phi) is 4.04. The van der Waals surface area contributed by atoms with Gasteiger partial charge in [-0.05, 0) is 12.8 Å². The molecule has 3 rings (SSSR count). The third-order valence-electron chi connectivity index (χ3n) is 3.99. The van der Waals surface area contributed by atoms with Crippen molar-refractivity contribution in [1.29, 1.82) is 0 Å². The predicted octanol–water partition coefficient (Wildman–Crippen LogP) is 3.02. The Morgan fingerprint density at radius 1 is 1.29 bits per heavy atom. The maximum atomic E-state index is 11.4. The van der Waals surface area contributed by atoms with E-state index in [1.54, 1.807) is 0 Å². The molecule has 0 radical (unpaired) electrons. The summed E-state index contributed by atoms with van der Waals surface area (Å²) in [5, 5.41) is 2.88. The number of hydrogen-bond acceptors (Lipinski definition) is 2. The average molecular weight is 283 g/mol. The minimum Gasteiger partial charge on any atom is -0.355 e. The first kappa shape index (κ1) is 13.9. The summed E-state index contributed by atoms with van der Waals surface area (Å²) in [5.41, 5.74) is 3.37. The number of aromatic nitrogens is 2. The molecule has 1 amide bonds. The predicted molar refractivity (Wildman–Crippen MR) is 83.0 cm³/mol. The standard InChI is InChI=1S/C17H21N3O/c1-2-3-9-14-16(12-7-5-4-6-8-12)20-17(19-14)13-10-15(21)18-11-13/h4-8,13H,2-3,9-11H2,1H3,(H,18,21)(H,19,20)/t13-/m1/s1. The van der Waals surface area contributed by atoms with Crippen molar-refractivity contribution in [3.8, 4) is 11.3 Å². The molecule has 21 heavy (non-hydrogen) atoms. The molecule has 110 valence electrons. The summed E-state index contributed by atoms with van der Waals surface area (Å²) < 4.78 is 0. The van der Waals surface area contributed by atoms with E-state index in [1.165, 1.54) is 5.69 Å². The SMILES string of the molecule is CCCCc1[nH]c([C@H]2CNC(=O)C2)nc1-c1ccccc1. The zero-order valence-corrected chi connectivity index (χ0v) is 12.4. The van der Waals surface area contributed by atoms with Gasteiger partial charge in [0.2, 0.25) is 5.91 Å². The van der Waals surface area contributed by atoms with Crippen LogP contribution in [0, 0.1) is 0 Å². The van der Waals surface area contributed by atoms with Crippen molar-refractivity contribution in [2.24, 2.45) is 0 Å². The van der Waals surface area contributed by atoms with Crippen molar-refractivity contribution >= 4 is 5.91 Å². The van der Waals surface area contributed by atoms with E-state index in [4.69, 9.17) is 4.98 Å². The van der Waals surface area contributed by atoms with Crippen molar-refractivity contribution in [2.45, 2.75) is 38.5 Å². The van der Waals surface area contributed by atoms with Crippen LogP contribution >= 0.6 is 0 Å². The Balaban J connectivity index is 1.93. The molecule has 2 heterocycles. The van der Waals surface area contributed by atoms with Crippen LogP contribution in [0.3, 0.4) is 0 Å². The Labute approximate surface area is 125 Å². The van der Waals surface area contributed by atoms with Crippen LogP contribution in [0.1, 0.15) is 43.6 Å². The lowest BCUT2D eigenvalue weighted by molar-refractivity contribution is -0.119.